The summed E-state index contributed by atoms with van der Waals surface area (Å²) in [7, 11) is 3.09. The molecule has 1 N–H and O–H groups in total. The average Bonchev–Trinajstić information content (AvgIpc) is 2.61. The lowest BCUT2D eigenvalue weighted by Crippen LogP contribution is -2.16. The number of nitrogens with one attached hydrogen (secondary N) is 1. The first-order valence-electron chi connectivity index (χ1n) is 7.89. The molecule has 0 aromatic heterocycles. The van der Waals surface area contributed by atoms with Crippen LogP contribution >= 0.6 is 11.6 Å². The van der Waals surface area contributed by atoms with E-state index in [1.165, 1.54) is 7.11 Å². The summed E-state index contributed by atoms with van der Waals surface area (Å²) in [4.78, 5) is 12.8. The van der Waals surface area contributed by atoms with Crippen molar-refractivity contribution in [1.29, 1.82) is 0 Å². The van der Waals surface area contributed by atoms with Crippen LogP contribution in [0.2, 0.25) is 5.02 Å². The second-order valence-electron chi connectivity index (χ2n) is 5.29. The van der Waals surface area contributed by atoms with E-state index >= 15 is 0 Å². The number of hydrogen-bond donors (Lipinski definition) is 1. The lowest BCUT2D eigenvalue weighted by Gasteiger charge is -2.17. The smallest absolute Gasteiger partial charge is 0.259 e. The Morgan fingerprint density at radius 1 is 1.08 bits per heavy atom. The van der Waals surface area contributed by atoms with Crippen molar-refractivity contribution < 1.29 is 14.3 Å². The van der Waals surface area contributed by atoms with E-state index in [1.807, 2.05) is 26.0 Å². The third-order valence-corrected chi connectivity index (χ3v) is 4.32. The largest absolute Gasteiger partial charge is 0.497 e. The number of carbonyl (C=O) groups is 1. The maximum atomic E-state index is 12.8. The van der Waals surface area contributed by atoms with Gasteiger partial charge in [0.25, 0.3) is 5.91 Å². The molecule has 2 aromatic rings. The van der Waals surface area contributed by atoms with Crippen LogP contribution in [0.1, 0.15) is 35.3 Å². The van der Waals surface area contributed by atoms with Crippen molar-refractivity contribution in [2.75, 3.05) is 19.5 Å². The fourth-order valence-corrected chi connectivity index (χ4v) is 2.93. The molecule has 0 radical (unpaired) electrons. The lowest BCUT2D eigenvalue weighted by molar-refractivity contribution is 0.102. The molecular weight excluding hydrogens is 326 g/mol. The number of carbonyl (C=O) groups excluding carboxylic acids is 1. The Balaban J connectivity index is 2.45. The highest BCUT2D eigenvalue weighted by Gasteiger charge is 2.18. The quantitative estimate of drug-likeness (QED) is 0.821. The van der Waals surface area contributed by atoms with Crippen LogP contribution in [0.15, 0.2) is 30.3 Å². The molecule has 0 atom stereocenters. The van der Waals surface area contributed by atoms with Crippen molar-refractivity contribution in [3.63, 3.8) is 0 Å². The molecule has 0 heterocycles. The molecule has 4 nitrogen and oxygen atoms in total. The van der Waals surface area contributed by atoms with Gasteiger partial charge in [0.05, 0.1) is 19.8 Å². The molecule has 5 heteroatoms. The molecule has 0 aliphatic carbocycles. The Morgan fingerprint density at radius 3 is 2.42 bits per heavy atom. The maximum Gasteiger partial charge on any atom is 0.259 e. The monoisotopic (exact) mass is 347 g/mol. The van der Waals surface area contributed by atoms with Crippen LogP contribution in [0.5, 0.6) is 11.5 Å². The predicted molar refractivity (Wildman–Crippen MR) is 97.7 cm³/mol. The van der Waals surface area contributed by atoms with Crippen LogP contribution in [0.25, 0.3) is 0 Å². The highest BCUT2D eigenvalue weighted by atomic mass is 35.5. The SMILES string of the molecule is CCc1ccc(Cl)c(CC)c1NC(=O)c1cc(OC)ccc1OC. The molecule has 0 saturated carbocycles. The molecule has 0 bridgehead atoms. The van der Waals surface area contributed by atoms with Crippen LogP contribution in [0.4, 0.5) is 5.69 Å². The number of rotatable bonds is 6. The van der Waals surface area contributed by atoms with E-state index < -0.39 is 0 Å². The van der Waals surface area contributed by atoms with Gasteiger partial charge in [0.1, 0.15) is 11.5 Å². The standard InChI is InChI=1S/C19H22ClNO3/c1-5-12-7-9-16(20)14(6-2)18(12)21-19(22)15-11-13(23-3)8-10-17(15)24-4/h7-11H,5-6H2,1-4H3,(H,21,22). The summed E-state index contributed by atoms with van der Waals surface area (Å²) >= 11 is 6.30. The third kappa shape index (κ3) is 3.65. The first-order valence-corrected chi connectivity index (χ1v) is 8.27. The van der Waals surface area contributed by atoms with E-state index in [2.05, 4.69) is 5.32 Å². The summed E-state index contributed by atoms with van der Waals surface area (Å²) in [5, 5.41) is 3.66. The number of hydrogen-bond acceptors (Lipinski definition) is 3. The van der Waals surface area contributed by atoms with Crippen molar-refractivity contribution in [3.8, 4) is 11.5 Å². The number of amides is 1. The molecule has 128 valence electrons. The van der Waals surface area contributed by atoms with Crippen molar-refractivity contribution in [2.45, 2.75) is 26.7 Å². The molecular formula is C19H22ClNO3. The number of halogens is 1. The molecule has 0 aliphatic rings. The summed E-state index contributed by atoms with van der Waals surface area (Å²) in [6, 6.07) is 8.95. The normalized spacial score (nSPS) is 10.4. The van der Waals surface area contributed by atoms with Gasteiger partial charge >= 0.3 is 0 Å². The number of anilines is 1. The highest BCUT2D eigenvalue weighted by molar-refractivity contribution is 6.32. The Hall–Kier alpha value is -2.20. The molecule has 2 rings (SSSR count). The van der Waals surface area contributed by atoms with Crippen LogP contribution in [-0.2, 0) is 12.8 Å². The van der Waals surface area contributed by atoms with Gasteiger partial charge in [-0.25, -0.2) is 0 Å². The Bertz CT molecular complexity index is 744. The number of ether oxygens (including phenoxy) is 2. The minimum Gasteiger partial charge on any atom is -0.497 e. The van der Waals surface area contributed by atoms with Gasteiger partial charge in [-0.15, -0.1) is 0 Å². The van der Waals surface area contributed by atoms with Gasteiger partial charge in [-0.1, -0.05) is 31.5 Å². The summed E-state index contributed by atoms with van der Waals surface area (Å²) in [5.74, 6) is 0.835. The molecule has 0 fully saturated rings. The minimum absolute atomic E-state index is 0.252. The Labute approximate surface area is 147 Å². The molecule has 1 amide bonds. The number of methoxy groups -OCH3 is 2. The summed E-state index contributed by atoms with van der Waals surface area (Å²) < 4.78 is 10.5. The van der Waals surface area contributed by atoms with Crippen molar-refractivity contribution in [2.24, 2.45) is 0 Å². The highest BCUT2D eigenvalue weighted by Crippen LogP contribution is 2.31. The first-order chi connectivity index (χ1) is 11.5. The fraction of sp³-hybridized carbons (Fsp3) is 0.316. The molecule has 0 spiro atoms. The van der Waals surface area contributed by atoms with E-state index in [0.717, 1.165) is 29.7 Å². The average molecular weight is 348 g/mol. The van der Waals surface area contributed by atoms with Crippen molar-refractivity contribution in [1.82, 2.24) is 0 Å². The zero-order valence-electron chi connectivity index (χ0n) is 14.4. The van der Waals surface area contributed by atoms with E-state index in [-0.39, 0.29) is 5.91 Å². The fourth-order valence-electron chi connectivity index (χ4n) is 2.64. The van der Waals surface area contributed by atoms with Gasteiger partial charge in [0, 0.05) is 10.7 Å². The lowest BCUT2D eigenvalue weighted by atomic mass is 10.0. The second kappa shape index (κ2) is 8.06. The maximum absolute atomic E-state index is 12.8. The van der Waals surface area contributed by atoms with Gasteiger partial charge in [0.15, 0.2) is 0 Å². The van der Waals surface area contributed by atoms with E-state index in [4.69, 9.17) is 21.1 Å². The third-order valence-electron chi connectivity index (χ3n) is 3.97. The van der Waals surface area contributed by atoms with Crippen molar-refractivity contribution in [3.05, 3.63) is 52.0 Å². The van der Waals surface area contributed by atoms with E-state index in [0.29, 0.717) is 22.1 Å². The topological polar surface area (TPSA) is 47.6 Å². The van der Waals surface area contributed by atoms with Gasteiger partial charge in [-0.05, 0) is 48.2 Å². The molecule has 0 unspecified atom stereocenters. The van der Waals surface area contributed by atoms with Crippen molar-refractivity contribution >= 4 is 23.2 Å². The van der Waals surface area contributed by atoms with Gasteiger partial charge in [-0.3, -0.25) is 4.79 Å². The Morgan fingerprint density at radius 2 is 1.83 bits per heavy atom. The van der Waals surface area contributed by atoms with E-state index in [1.54, 1.807) is 25.3 Å². The number of aryl methyl sites for hydroxylation is 1. The zero-order valence-corrected chi connectivity index (χ0v) is 15.2. The first kappa shape index (κ1) is 18.1. The zero-order chi connectivity index (χ0) is 17.7. The van der Waals surface area contributed by atoms with Crippen LogP contribution < -0.4 is 14.8 Å². The van der Waals surface area contributed by atoms with Gasteiger partial charge in [-0.2, -0.15) is 0 Å². The Kier molecular flexibility index (Phi) is 6.10. The minimum atomic E-state index is -0.252. The number of benzene rings is 2. The summed E-state index contributed by atoms with van der Waals surface area (Å²) in [6.45, 7) is 4.06. The van der Waals surface area contributed by atoms with Crippen LogP contribution in [-0.4, -0.2) is 20.1 Å². The molecule has 24 heavy (non-hydrogen) atoms. The van der Waals surface area contributed by atoms with Crippen LogP contribution in [0, 0.1) is 0 Å². The van der Waals surface area contributed by atoms with Crippen LogP contribution in [0.3, 0.4) is 0 Å². The van der Waals surface area contributed by atoms with E-state index in [9.17, 15) is 4.79 Å². The predicted octanol–water partition coefficient (Wildman–Crippen LogP) is 4.73. The molecule has 0 saturated heterocycles. The van der Waals surface area contributed by atoms with Gasteiger partial charge in [0.2, 0.25) is 0 Å². The second-order valence-corrected chi connectivity index (χ2v) is 5.69. The van der Waals surface area contributed by atoms with Gasteiger partial charge < -0.3 is 14.8 Å². The molecule has 0 aliphatic heterocycles. The summed E-state index contributed by atoms with van der Waals surface area (Å²) in [6.07, 6.45) is 1.53. The summed E-state index contributed by atoms with van der Waals surface area (Å²) in [5.41, 5.74) is 3.18. The molecule has 2 aromatic carbocycles.